The number of methoxy groups -OCH3 is 1. The van der Waals surface area contributed by atoms with Crippen molar-refractivity contribution in [2.24, 2.45) is 5.92 Å². The maximum absolute atomic E-state index is 12.9. The number of hydrogen-bond donors (Lipinski definition) is 1. The van der Waals surface area contributed by atoms with Gasteiger partial charge in [-0.05, 0) is 49.2 Å². The summed E-state index contributed by atoms with van der Waals surface area (Å²) in [6.45, 7) is 2.39. The van der Waals surface area contributed by atoms with Crippen molar-refractivity contribution in [2.45, 2.75) is 19.4 Å². The molecule has 3 rings (SSSR count). The molecule has 1 N–H and O–H groups in total. The molecule has 0 aromatic heterocycles. The lowest BCUT2D eigenvalue weighted by Crippen LogP contribution is -2.38. The van der Waals surface area contributed by atoms with E-state index in [1.807, 2.05) is 30.3 Å². The topological polar surface area (TPSA) is 49.8 Å². The molecule has 132 valence electrons. The molecule has 1 aliphatic rings. The average Bonchev–Trinajstić information content (AvgIpc) is 2.64. The highest BCUT2D eigenvalue weighted by Gasteiger charge is 2.28. The fourth-order valence-electron chi connectivity index (χ4n) is 3.39. The Hall–Kier alpha value is -2.04. The summed E-state index contributed by atoms with van der Waals surface area (Å²) in [4.78, 5) is 15.2. The van der Waals surface area contributed by atoms with Crippen molar-refractivity contribution in [1.82, 2.24) is 4.90 Å². The van der Waals surface area contributed by atoms with E-state index in [2.05, 4.69) is 4.90 Å². The standard InChI is InChI=1S/C20H22ClNO3/c1-25-19-7-3-2-6-16(19)20(24)15-5-4-10-22(13-15)12-14-8-9-18(23)17(21)11-14/h2-3,6-9,11,15,23H,4-5,10,12-13H2,1H3/t15-/m1/s1. The van der Waals surface area contributed by atoms with Crippen LogP contribution in [0.5, 0.6) is 11.5 Å². The van der Waals surface area contributed by atoms with Gasteiger partial charge in [0.2, 0.25) is 0 Å². The number of phenolic OH excluding ortho intramolecular Hbond substituents is 1. The predicted molar refractivity (Wildman–Crippen MR) is 98.4 cm³/mol. The van der Waals surface area contributed by atoms with Crippen LogP contribution in [0.4, 0.5) is 0 Å². The van der Waals surface area contributed by atoms with E-state index in [1.54, 1.807) is 19.2 Å². The van der Waals surface area contributed by atoms with Crippen molar-refractivity contribution in [1.29, 1.82) is 0 Å². The van der Waals surface area contributed by atoms with Gasteiger partial charge in [-0.15, -0.1) is 0 Å². The Morgan fingerprint density at radius 3 is 2.88 bits per heavy atom. The van der Waals surface area contributed by atoms with Crippen LogP contribution in [0.15, 0.2) is 42.5 Å². The number of hydrogen-bond acceptors (Lipinski definition) is 4. The third-order valence-corrected chi connectivity index (χ3v) is 4.97. The Balaban J connectivity index is 1.70. The van der Waals surface area contributed by atoms with Crippen molar-refractivity contribution in [3.05, 3.63) is 58.6 Å². The first-order chi connectivity index (χ1) is 12.1. The van der Waals surface area contributed by atoms with Crippen molar-refractivity contribution in [2.75, 3.05) is 20.2 Å². The van der Waals surface area contributed by atoms with E-state index in [4.69, 9.17) is 16.3 Å². The molecular weight excluding hydrogens is 338 g/mol. The smallest absolute Gasteiger partial charge is 0.170 e. The monoisotopic (exact) mass is 359 g/mol. The maximum Gasteiger partial charge on any atom is 0.170 e. The second-order valence-electron chi connectivity index (χ2n) is 6.42. The van der Waals surface area contributed by atoms with E-state index in [0.29, 0.717) is 16.3 Å². The number of carbonyl (C=O) groups excluding carboxylic acids is 1. The lowest BCUT2D eigenvalue weighted by Gasteiger charge is -2.32. The van der Waals surface area contributed by atoms with Gasteiger partial charge in [-0.3, -0.25) is 9.69 Å². The Morgan fingerprint density at radius 1 is 1.32 bits per heavy atom. The normalized spacial score (nSPS) is 18.1. The summed E-state index contributed by atoms with van der Waals surface area (Å²) in [5, 5.41) is 9.90. The van der Waals surface area contributed by atoms with Crippen LogP contribution >= 0.6 is 11.6 Å². The minimum absolute atomic E-state index is 0.0300. The summed E-state index contributed by atoms with van der Waals surface area (Å²) >= 11 is 5.99. The molecule has 0 saturated carbocycles. The fourth-order valence-corrected chi connectivity index (χ4v) is 3.59. The number of para-hydroxylation sites is 1. The van der Waals surface area contributed by atoms with Gasteiger partial charge in [0.25, 0.3) is 0 Å². The molecule has 25 heavy (non-hydrogen) atoms. The van der Waals surface area contributed by atoms with E-state index >= 15 is 0 Å². The Kier molecular flexibility index (Phi) is 5.61. The SMILES string of the molecule is COc1ccccc1C(=O)[C@@H]1CCCN(Cc2ccc(O)c(Cl)c2)C1. The predicted octanol–water partition coefficient (Wildman–Crippen LogP) is 4.15. The summed E-state index contributed by atoms with van der Waals surface area (Å²) in [7, 11) is 1.59. The van der Waals surface area contributed by atoms with Crippen molar-refractivity contribution < 1.29 is 14.6 Å². The van der Waals surface area contributed by atoms with Crippen LogP contribution in [-0.2, 0) is 6.54 Å². The third-order valence-electron chi connectivity index (χ3n) is 4.67. The summed E-state index contributed by atoms with van der Waals surface area (Å²) in [6.07, 6.45) is 1.88. The number of carbonyl (C=O) groups is 1. The Morgan fingerprint density at radius 2 is 2.12 bits per heavy atom. The van der Waals surface area contributed by atoms with E-state index < -0.39 is 0 Å². The van der Waals surface area contributed by atoms with Gasteiger partial charge < -0.3 is 9.84 Å². The highest BCUT2D eigenvalue weighted by molar-refractivity contribution is 6.32. The minimum Gasteiger partial charge on any atom is -0.506 e. The summed E-state index contributed by atoms with van der Waals surface area (Å²) in [5.74, 6) is 0.840. The number of phenols is 1. The van der Waals surface area contributed by atoms with Crippen LogP contribution in [0.2, 0.25) is 5.02 Å². The number of likely N-dealkylation sites (tertiary alicyclic amines) is 1. The Bertz CT molecular complexity index is 762. The highest BCUT2D eigenvalue weighted by atomic mass is 35.5. The van der Waals surface area contributed by atoms with Crippen molar-refractivity contribution >= 4 is 17.4 Å². The van der Waals surface area contributed by atoms with Crippen LogP contribution in [0, 0.1) is 5.92 Å². The second-order valence-corrected chi connectivity index (χ2v) is 6.83. The molecule has 0 amide bonds. The quantitative estimate of drug-likeness (QED) is 0.815. The lowest BCUT2D eigenvalue weighted by atomic mass is 9.89. The number of halogens is 1. The number of ketones is 1. The van der Waals surface area contributed by atoms with Crippen LogP contribution in [0.25, 0.3) is 0 Å². The van der Waals surface area contributed by atoms with Crippen LogP contribution in [0.1, 0.15) is 28.8 Å². The molecule has 4 nitrogen and oxygen atoms in total. The van der Waals surface area contributed by atoms with Gasteiger partial charge in [0.1, 0.15) is 11.5 Å². The van der Waals surface area contributed by atoms with Gasteiger partial charge in [-0.2, -0.15) is 0 Å². The zero-order valence-electron chi connectivity index (χ0n) is 14.2. The van der Waals surface area contributed by atoms with E-state index in [1.165, 1.54) is 0 Å². The molecular formula is C20H22ClNO3. The molecule has 2 aromatic rings. The van der Waals surface area contributed by atoms with Gasteiger partial charge in [-0.1, -0.05) is 29.8 Å². The number of aromatic hydroxyl groups is 1. The number of Topliss-reactive ketones (excluding diaryl/α,β-unsaturated/α-hetero) is 1. The first kappa shape index (κ1) is 17.8. The van der Waals surface area contributed by atoms with Crippen LogP contribution in [-0.4, -0.2) is 36.0 Å². The second kappa shape index (κ2) is 7.89. The van der Waals surface area contributed by atoms with Crippen molar-refractivity contribution in [3.8, 4) is 11.5 Å². The molecule has 1 heterocycles. The molecule has 1 fully saturated rings. The van der Waals surface area contributed by atoms with Crippen LogP contribution < -0.4 is 4.74 Å². The highest BCUT2D eigenvalue weighted by Crippen LogP contribution is 2.28. The summed E-state index contributed by atoms with van der Waals surface area (Å²) in [5.41, 5.74) is 1.69. The van der Waals surface area contributed by atoms with Gasteiger partial charge in [-0.25, -0.2) is 0 Å². The summed E-state index contributed by atoms with van der Waals surface area (Å²) < 4.78 is 5.33. The lowest BCUT2D eigenvalue weighted by molar-refractivity contribution is 0.0808. The zero-order valence-corrected chi connectivity index (χ0v) is 15.0. The molecule has 1 aliphatic heterocycles. The molecule has 1 saturated heterocycles. The molecule has 1 atom stereocenters. The molecule has 0 radical (unpaired) electrons. The van der Waals surface area contributed by atoms with E-state index in [9.17, 15) is 9.90 Å². The number of nitrogens with zero attached hydrogens (tertiary/aromatic N) is 1. The van der Waals surface area contributed by atoms with Gasteiger partial charge in [0.05, 0.1) is 17.7 Å². The summed E-state index contributed by atoms with van der Waals surface area (Å²) in [6, 6.07) is 12.7. The largest absolute Gasteiger partial charge is 0.506 e. The number of ether oxygens (including phenoxy) is 1. The zero-order chi connectivity index (χ0) is 17.8. The first-order valence-electron chi connectivity index (χ1n) is 8.45. The van der Waals surface area contributed by atoms with E-state index in [-0.39, 0.29) is 17.5 Å². The van der Waals surface area contributed by atoms with Crippen LogP contribution in [0.3, 0.4) is 0 Å². The number of benzene rings is 2. The van der Waals surface area contributed by atoms with E-state index in [0.717, 1.165) is 38.0 Å². The molecule has 0 bridgehead atoms. The molecule has 0 aliphatic carbocycles. The van der Waals surface area contributed by atoms with Gasteiger partial charge >= 0.3 is 0 Å². The molecule has 2 aromatic carbocycles. The fraction of sp³-hybridized carbons (Fsp3) is 0.350. The molecule has 5 heteroatoms. The van der Waals surface area contributed by atoms with Crippen molar-refractivity contribution in [3.63, 3.8) is 0 Å². The number of piperidine rings is 1. The first-order valence-corrected chi connectivity index (χ1v) is 8.83. The van der Waals surface area contributed by atoms with Gasteiger partial charge in [0, 0.05) is 19.0 Å². The van der Waals surface area contributed by atoms with Gasteiger partial charge in [0.15, 0.2) is 5.78 Å². The molecule has 0 unspecified atom stereocenters. The maximum atomic E-state index is 12.9. The number of rotatable bonds is 5. The average molecular weight is 360 g/mol. The molecule has 0 spiro atoms. The Labute approximate surface area is 153 Å². The minimum atomic E-state index is -0.0300. The third kappa shape index (κ3) is 4.14.